The van der Waals surface area contributed by atoms with E-state index in [0.29, 0.717) is 5.56 Å². The van der Waals surface area contributed by atoms with Gasteiger partial charge in [0.1, 0.15) is 0 Å². The van der Waals surface area contributed by atoms with Crippen LogP contribution in [-0.2, 0) is 4.79 Å². The van der Waals surface area contributed by atoms with E-state index in [-0.39, 0.29) is 12.5 Å². The van der Waals surface area contributed by atoms with Crippen molar-refractivity contribution in [3.63, 3.8) is 0 Å². The van der Waals surface area contributed by atoms with Gasteiger partial charge in [-0.15, -0.1) is 0 Å². The molecule has 1 heterocycles. The number of amides is 1. The third kappa shape index (κ3) is 3.47. The highest BCUT2D eigenvalue weighted by Crippen LogP contribution is 2.11. The highest BCUT2D eigenvalue weighted by molar-refractivity contribution is 5.94. The van der Waals surface area contributed by atoms with Crippen molar-refractivity contribution in [3.8, 4) is 5.69 Å². The van der Waals surface area contributed by atoms with Crippen molar-refractivity contribution in [1.29, 1.82) is 0 Å². The molecule has 0 aliphatic carbocycles. The highest BCUT2D eigenvalue weighted by Gasteiger charge is 2.18. The first-order valence-corrected chi connectivity index (χ1v) is 6.57. The summed E-state index contributed by atoms with van der Waals surface area (Å²) in [6.45, 7) is 1.75. The Morgan fingerprint density at radius 3 is 2.52 bits per heavy atom. The van der Waals surface area contributed by atoms with Crippen molar-refractivity contribution < 1.29 is 14.7 Å². The van der Waals surface area contributed by atoms with Gasteiger partial charge in [-0.25, -0.2) is 4.68 Å². The number of aliphatic carboxylic acids is 1. The number of nitrogens with zero attached hydrogens (tertiary/aromatic N) is 3. The van der Waals surface area contributed by atoms with E-state index in [1.165, 1.54) is 4.90 Å². The molecule has 1 aromatic carbocycles. The van der Waals surface area contributed by atoms with Gasteiger partial charge < -0.3 is 10.0 Å². The quantitative estimate of drug-likeness (QED) is 0.907. The van der Waals surface area contributed by atoms with Gasteiger partial charge in [0.2, 0.25) is 0 Å². The maximum atomic E-state index is 12.2. The van der Waals surface area contributed by atoms with Gasteiger partial charge in [0.05, 0.1) is 11.6 Å². The van der Waals surface area contributed by atoms with E-state index < -0.39 is 11.9 Å². The molecule has 0 aliphatic heterocycles. The van der Waals surface area contributed by atoms with Crippen molar-refractivity contribution in [2.75, 3.05) is 13.6 Å². The summed E-state index contributed by atoms with van der Waals surface area (Å²) in [6.07, 6.45) is 3.50. The van der Waals surface area contributed by atoms with Crippen molar-refractivity contribution in [2.24, 2.45) is 5.92 Å². The lowest BCUT2D eigenvalue weighted by Gasteiger charge is -2.19. The molecule has 0 saturated carbocycles. The second-order valence-electron chi connectivity index (χ2n) is 4.92. The van der Waals surface area contributed by atoms with Crippen molar-refractivity contribution in [3.05, 3.63) is 48.3 Å². The lowest BCUT2D eigenvalue weighted by atomic mass is 10.1. The maximum absolute atomic E-state index is 12.2. The Morgan fingerprint density at radius 1 is 1.33 bits per heavy atom. The molecular formula is C15H17N3O3. The molecule has 1 unspecified atom stereocenters. The molecule has 1 atom stereocenters. The first-order valence-electron chi connectivity index (χ1n) is 6.57. The Bertz CT molecular complexity index is 620. The van der Waals surface area contributed by atoms with Crippen LogP contribution in [0.1, 0.15) is 17.3 Å². The third-order valence-electron chi connectivity index (χ3n) is 3.20. The molecule has 1 amide bonds. The van der Waals surface area contributed by atoms with Gasteiger partial charge in [0.25, 0.3) is 5.91 Å². The second-order valence-corrected chi connectivity index (χ2v) is 4.92. The number of hydrogen-bond acceptors (Lipinski definition) is 3. The van der Waals surface area contributed by atoms with E-state index in [1.807, 2.05) is 12.3 Å². The number of carboxylic acids is 1. The van der Waals surface area contributed by atoms with E-state index in [4.69, 9.17) is 5.11 Å². The van der Waals surface area contributed by atoms with Gasteiger partial charge in [-0.2, -0.15) is 5.10 Å². The first-order chi connectivity index (χ1) is 9.99. The normalized spacial score (nSPS) is 11.9. The molecule has 21 heavy (non-hydrogen) atoms. The summed E-state index contributed by atoms with van der Waals surface area (Å²) < 4.78 is 1.70. The SMILES string of the molecule is CC(CN(C)C(=O)c1ccc(-n2cccn2)cc1)C(=O)O. The van der Waals surface area contributed by atoms with Gasteiger partial charge in [0.15, 0.2) is 0 Å². The molecule has 2 aromatic rings. The van der Waals surface area contributed by atoms with Gasteiger partial charge in [-0.1, -0.05) is 6.92 Å². The van der Waals surface area contributed by atoms with Crippen LogP contribution in [0.5, 0.6) is 0 Å². The van der Waals surface area contributed by atoms with Crippen LogP contribution in [0.3, 0.4) is 0 Å². The number of rotatable bonds is 5. The zero-order valence-electron chi connectivity index (χ0n) is 11.9. The highest BCUT2D eigenvalue weighted by atomic mass is 16.4. The predicted molar refractivity (Wildman–Crippen MR) is 77.3 cm³/mol. The average molecular weight is 287 g/mol. The van der Waals surface area contributed by atoms with Crippen molar-refractivity contribution in [1.82, 2.24) is 14.7 Å². The molecule has 6 nitrogen and oxygen atoms in total. The van der Waals surface area contributed by atoms with Crippen LogP contribution in [0.15, 0.2) is 42.7 Å². The summed E-state index contributed by atoms with van der Waals surface area (Å²) >= 11 is 0. The Morgan fingerprint density at radius 2 is 2.00 bits per heavy atom. The molecule has 0 radical (unpaired) electrons. The molecule has 2 rings (SSSR count). The predicted octanol–water partition coefficient (Wildman–Crippen LogP) is 1.67. The fourth-order valence-electron chi connectivity index (χ4n) is 1.97. The van der Waals surface area contributed by atoms with Crippen LogP contribution >= 0.6 is 0 Å². The van der Waals surface area contributed by atoms with Crippen LogP contribution in [0.25, 0.3) is 5.69 Å². The number of hydrogen-bond donors (Lipinski definition) is 1. The van der Waals surface area contributed by atoms with Gasteiger partial charge in [-0.3, -0.25) is 9.59 Å². The van der Waals surface area contributed by atoms with Crippen LogP contribution < -0.4 is 0 Å². The van der Waals surface area contributed by atoms with Crippen molar-refractivity contribution >= 4 is 11.9 Å². The zero-order chi connectivity index (χ0) is 15.4. The van der Waals surface area contributed by atoms with Crippen LogP contribution in [0.2, 0.25) is 0 Å². The molecule has 1 aromatic heterocycles. The molecule has 6 heteroatoms. The number of benzene rings is 1. The molecule has 0 spiro atoms. The van der Waals surface area contributed by atoms with E-state index in [0.717, 1.165) is 5.69 Å². The summed E-state index contributed by atoms with van der Waals surface area (Å²) in [6, 6.07) is 8.84. The fraction of sp³-hybridized carbons (Fsp3) is 0.267. The largest absolute Gasteiger partial charge is 0.481 e. The summed E-state index contributed by atoms with van der Waals surface area (Å²) in [5.41, 5.74) is 1.38. The Labute approximate surface area is 122 Å². The maximum Gasteiger partial charge on any atom is 0.308 e. The molecule has 0 saturated heterocycles. The second kappa shape index (κ2) is 6.21. The van der Waals surface area contributed by atoms with Crippen LogP contribution in [0.4, 0.5) is 0 Å². The standard InChI is InChI=1S/C15H17N3O3/c1-11(15(20)21)10-17(2)14(19)12-4-6-13(7-5-12)18-9-3-8-16-18/h3-9,11H,10H2,1-2H3,(H,20,21). The van der Waals surface area contributed by atoms with E-state index in [1.54, 1.807) is 49.1 Å². The molecule has 0 fully saturated rings. The summed E-state index contributed by atoms with van der Waals surface area (Å²) in [5.74, 6) is -1.71. The molecule has 0 aliphatic rings. The average Bonchev–Trinajstić information content (AvgIpc) is 3.00. The third-order valence-corrected chi connectivity index (χ3v) is 3.20. The monoisotopic (exact) mass is 287 g/mol. The van der Waals surface area contributed by atoms with E-state index in [9.17, 15) is 9.59 Å². The minimum atomic E-state index is -0.913. The number of aromatic nitrogens is 2. The summed E-state index contributed by atoms with van der Waals surface area (Å²) in [7, 11) is 1.60. The minimum Gasteiger partial charge on any atom is -0.481 e. The summed E-state index contributed by atoms with van der Waals surface area (Å²) in [5, 5.41) is 13.0. The topological polar surface area (TPSA) is 75.4 Å². The minimum absolute atomic E-state index is 0.176. The van der Waals surface area contributed by atoms with Crippen molar-refractivity contribution in [2.45, 2.75) is 6.92 Å². The molecule has 0 bridgehead atoms. The molecular weight excluding hydrogens is 270 g/mol. The number of carbonyl (C=O) groups excluding carboxylic acids is 1. The zero-order valence-corrected chi connectivity index (χ0v) is 11.9. The van der Waals surface area contributed by atoms with E-state index in [2.05, 4.69) is 5.10 Å². The first kappa shape index (κ1) is 14.8. The van der Waals surface area contributed by atoms with Gasteiger partial charge in [0, 0.05) is 31.5 Å². The van der Waals surface area contributed by atoms with Gasteiger partial charge >= 0.3 is 5.97 Å². The Balaban J connectivity index is 2.07. The number of carboxylic acid groups (broad SMARTS) is 1. The molecule has 1 N–H and O–H groups in total. The fourth-order valence-corrected chi connectivity index (χ4v) is 1.97. The lowest BCUT2D eigenvalue weighted by Crippen LogP contribution is -2.33. The smallest absolute Gasteiger partial charge is 0.308 e. The Kier molecular flexibility index (Phi) is 4.37. The lowest BCUT2D eigenvalue weighted by molar-refractivity contribution is -0.141. The van der Waals surface area contributed by atoms with E-state index >= 15 is 0 Å². The molecule has 110 valence electrons. The van der Waals surface area contributed by atoms with Crippen LogP contribution in [-0.4, -0.2) is 45.3 Å². The van der Waals surface area contributed by atoms with Crippen LogP contribution in [0, 0.1) is 5.92 Å². The number of carbonyl (C=O) groups is 2. The van der Waals surface area contributed by atoms with Gasteiger partial charge in [-0.05, 0) is 30.3 Å². The summed E-state index contributed by atoms with van der Waals surface area (Å²) in [4.78, 5) is 24.5. The Hall–Kier alpha value is -2.63.